The van der Waals surface area contributed by atoms with Crippen molar-refractivity contribution in [3.05, 3.63) is 84.2 Å². The second-order valence-corrected chi connectivity index (χ2v) is 7.33. The summed E-state index contributed by atoms with van der Waals surface area (Å²) in [6, 6.07) is 19.7. The van der Waals surface area contributed by atoms with E-state index < -0.39 is 5.97 Å². The Morgan fingerprint density at radius 3 is 2.59 bits per heavy atom. The van der Waals surface area contributed by atoms with Gasteiger partial charge in [0.05, 0.1) is 5.69 Å². The molecule has 4 aromatic rings. The maximum Gasteiger partial charge on any atom is 0.339 e. The molecule has 2 aromatic carbocycles. The number of hydrogen-bond donors (Lipinski definition) is 2. The van der Waals surface area contributed by atoms with Crippen molar-refractivity contribution in [2.45, 2.75) is 18.8 Å². The zero-order chi connectivity index (χ0) is 19.8. The first-order valence-electron chi connectivity index (χ1n) is 9.63. The number of nitrogens with one attached hydrogen (secondary N) is 1. The van der Waals surface area contributed by atoms with Crippen LogP contribution in [-0.2, 0) is 0 Å². The van der Waals surface area contributed by atoms with E-state index >= 15 is 0 Å². The SMILES string of the molecule is O=C(O)c1cc(C2CC2)cnc1Nc1ccc2c(-c3ccccc3)nccc2c1. The molecule has 5 nitrogen and oxygen atoms in total. The number of nitrogens with zero attached hydrogens (tertiary/aromatic N) is 2. The van der Waals surface area contributed by atoms with Gasteiger partial charge in [0.1, 0.15) is 11.4 Å². The number of aromatic nitrogens is 2. The number of pyridine rings is 2. The van der Waals surface area contributed by atoms with Crippen LogP contribution in [0.3, 0.4) is 0 Å². The number of carboxylic acids is 1. The summed E-state index contributed by atoms with van der Waals surface area (Å²) in [5.74, 6) is -0.156. The quantitative estimate of drug-likeness (QED) is 0.469. The molecule has 5 heteroatoms. The van der Waals surface area contributed by atoms with E-state index in [1.165, 1.54) is 0 Å². The summed E-state index contributed by atoms with van der Waals surface area (Å²) in [6.45, 7) is 0. The fourth-order valence-electron chi connectivity index (χ4n) is 3.60. The molecule has 2 heterocycles. The van der Waals surface area contributed by atoms with Gasteiger partial charge in [-0.1, -0.05) is 36.4 Å². The third-order valence-corrected chi connectivity index (χ3v) is 5.26. The van der Waals surface area contributed by atoms with Crippen LogP contribution in [0.4, 0.5) is 11.5 Å². The first-order valence-corrected chi connectivity index (χ1v) is 9.63. The van der Waals surface area contributed by atoms with E-state index in [0.29, 0.717) is 11.7 Å². The van der Waals surface area contributed by atoms with Crippen molar-refractivity contribution in [1.82, 2.24) is 9.97 Å². The summed E-state index contributed by atoms with van der Waals surface area (Å²) >= 11 is 0. The molecular weight excluding hydrogens is 362 g/mol. The number of rotatable bonds is 5. The van der Waals surface area contributed by atoms with E-state index in [4.69, 9.17) is 0 Å². The molecule has 5 rings (SSSR count). The van der Waals surface area contributed by atoms with Gasteiger partial charge in [-0.25, -0.2) is 9.78 Å². The summed E-state index contributed by atoms with van der Waals surface area (Å²) in [7, 11) is 0. The van der Waals surface area contributed by atoms with Gasteiger partial charge in [0.15, 0.2) is 0 Å². The highest BCUT2D eigenvalue weighted by Crippen LogP contribution is 2.40. The van der Waals surface area contributed by atoms with Crippen LogP contribution in [0.15, 0.2) is 73.1 Å². The van der Waals surface area contributed by atoms with Crippen LogP contribution in [0.25, 0.3) is 22.0 Å². The minimum Gasteiger partial charge on any atom is -0.478 e. The van der Waals surface area contributed by atoms with Gasteiger partial charge in [-0.15, -0.1) is 0 Å². The van der Waals surface area contributed by atoms with Crippen molar-refractivity contribution in [3.63, 3.8) is 0 Å². The molecular formula is C24H19N3O2. The smallest absolute Gasteiger partial charge is 0.339 e. The Hall–Kier alpha value is -3.73. The molecule has 0 atom stereocenters. The molecule has 1 aliphatic carbocycles. The predicted octanol–water partition coefficient (Wildman–Crippen LogP) is 5.62. The highest BCUT2D eigenvalue weighted by Gasteiger charge is 2.26. The van der Waals surface area contributed by atoms with Crippen molar-refractivity contribution in [1.29, 1.82) is 0 Å². The largest absolute Gasteiger partial charge is 0.478 e. The molecule has 0 saturated heterocycles. The Bertz CT molecular complexity index is 1220. The average molecular weight is 381 g/mol. The standard InChI is InChI=1S/C24H19N3O2/c28-24(29)21-13-18(15-6-7-15)14-26-23(21)27-19-8-9-20-17(12-19)10-11-25-22(20)16-4-2-1-3-5-16/h1-5,8-15H,6-7H2,(H,26,27)(H,28,29). The topological polar surface area (TPSA) is 75.1 Å². The Labute approximate surface area is 168 Å². The number of hydrogen-bond acceptors (Lipinski definition) is 4. The maximum atomic E-state index is 11.7. The van der Waals surface area contributed by atoms with Crippen LogP contribution in [0.1, 0.15) is 34.7 Å². The third-order valence-electron chi connectivity index (χ3n) is 5.26. The third kappa shape index (κ3) is 3.43. The second-order valence-electron chi connectivity index (χ2n) is 7.33. The lowest BCUT2D eigenvalue weighted by molar-refractivity contribution is 0.0697. The molecule has 0 radical (unpaired) electrons. The molecule has 1 aliphatic rings. The van der Waals surface area contributed by atoms with E-state index in [1.54, 1.807) is 18.5 Å². The van der Waals surface area contributed by atoms with E-state index in [9.17, 15) is 9.90 Å². The number of anilines is 2. The van der Waals surface area contributed by atoms with Crippen molar-refractivity contribution >= 4 is 28.2 Å². The Balaban J connectivity index is 1.51. The van der Waals surface area contributed by atoms with Crippen LogP contribution >= 0.6 is 0 Å². The summed E-state index contributed by atoms with van der Waals surface area (Å²) < 4.78 is 0. The Morgan fingerprint density at radius 2 is 1.83 bits per heavy atom. The van der Waals surface area contributed by atoms with Crippen LogP contribution in [0.5, 0.6) is 0 Å². The van der Waals surface area contributed by atoms with Gasteiger partial charge in [-0.05, 0) is 54.0 Å². The first kappa shape index (κ1) is 17.4. The summed E-state index contributed by atoms with van der Waals surface area (Å²) in [5, 5.41) is 14.9. The normalized spacial score (nSPS) is 13.4. The van der Waals surface area contributed by atoms with Gasteiger partial charge in [0.2, 0.25) is 0 Å². The first-order chi connectivity index (χ1) is 14.2. The number of benzene rings is 2. The zero-order valence-corrected chi connectivity index (χ0v) is 15.7. The van der Waals surface area contributed by atoms with E-state index in [1.807, 2.05) is 54.6 Å². The van der Waals surface area contributed by atoms with Crippen LogP contribution < -0.4 is 5.32 Å². The molecule has 2 N–H and O–H groups in total. The zero-order valence-electron chi connectivity index (χ0n) is 15.7. The summed E-state index contributed by atoms with van der Waals surface area (Å²) in [5.41, 5.74) is 3.98. The molecule has 1 saturated carbocycles. The van der Waals surface area contributed by atoms with Gasteiger partial charge in [-0.2, -0.15) is 0 Å². The van der Waals surface area contributed by atoms with Crippen LogP contribution in [0.2, 0.25) is 0 Å². The molecule has 142 valence electrons. The fraction of sp³-hybridized carbons (Fsp3) is 0.125. The highest BCUT2D eigenvalue weighted by atomic mass is 16.4. The molecule has 0 spiro atoms. The summed E-state index contributed by atoms with van der Waals surface area (Å²) in [6.07, 6.45) is 5.79. The van der Waals surface area contributed by atoms with Crippen LogP contribution in [0, 0.1) is 0 Å². The molecule has 0 bridgehead atoms. The van der Waals surface area contributed by atoms with Crippen molar-refractivity contribution in [3.8, 4) is 11.3 Å². The molecule has 1 fully saturated rings. The van der Waals surface area contributed by atoms with Crippen molar-refractivity contribution < 1.29 is 9.90 Å². The molecule has 0 amide bonds. The predicted molar refractivity (Wildman–Crippen MR) is 114 cm³/mol. The van der Waals surface area contributed by atoms with E-state index in [2.05, 4.69) is 15.3 Å². The number of aromatic carboxylic acids is 1. The van der Waals surface area contributed by atoms with Gasteiger partial charge < -0.3 is 10.4 Å². The molecule has 0 unspecified atom stereocenters. The molecule has 29 heavy (non-hydrogen) atoms. The number of carbonyl (C=O) groups is 1. The lowest BCUT2D eigenvalue weighted by atomic mass is 10.0. The van der Waals surface area contributed by atoms with Gasteiger partial charge in [0.25, 0.3) is 0 Å². The fourth-order valence-corrected chi connectivity index (χ4v) is 3.60. The maximum absolute atomic E-state index is 11.7. The molecule has 2 aromatic heterocycles. The van der Waals surface area contributed by atoms with Gasteiger partial charge >= 0.3 is 5.97 Å². The lowest BCUT2D eigenvalue weighted by Gasteiger charge is -2.12. The molecule has 0 aliphatic heterocycles. The van der Waals surface area contributed by atoms with Gasteiger partial charge in [-0.3, -0.25) is 4.98 Å². The minimum atomic E-state index is -0.973. The number of fused-ring (bicyclic) bond motifs is 1. The Morgan fingerprint density at radius 1 is 1.00 bits per heavy atom. The monoisotopic (exact) mass is 381 g/mol. The van der Waals surface area contributed by atoms with Crippen LogP contribution in [-0.4, -0.2) is 21.0 Å². The second kappa shape index (κ2) is 7.02. The van der Waals surface area contributed by atoms with Crippen molar-refractivity contribution in [2.75, 3.05) is 5.32 Å². The van der Waals surface area contributed by atoms with E-state index in [-0.39, 0.29) is 5.56 Å². The average Bonchev–Trinajstić information content (AvgIpc) is 3.59. The minimum absolute atomic E-state index is 0.203. The Kier molecular flexibility index (Phi) is 4.21. The lowest BCUT2D eigenvalue weighted by Crippen LogP contribution is -2.06. The number of carboxylic acid groups (broad SMARTS) is 1. The van der Waals surface area contributed by atoms with Crippen molar-refractivity contribution in [2.24, 2.45) is 0 Å². The summed E-state index contributed by atoms with van der Waals surface area (Å²) in [4.78, 5) is 20.7. The highest BCUT2D eigenvalue weighted by molar-refractivity contribution is 5.97. The van der Waals surface area contributed by atoms with E-state index in [0.717, 1.165) is 46.1 Å². The van der Waals surface area contributed by atoms with Gasteiger partial charge in [0, 0.05) is 29.0 Å².